The SMILES string of the molecule is O=C(COc1ccc(S(=O)(=O)N2CCc3ccccc32)cc1)Nc1ccccc1Sc1ccccc1. The maximum Gasteiger partial charge on any atom is 0.264 e. The molecule has 0 aromatic heterocycles. The van der Waals surface area contributed by atoms with Gasteiger partial charge >= 0.3 is 0 Å². The van der Waals surface area contributed by atoms with Gasteiger partial charge in [-0.05, 0) is 66.6 Å². The third-order valence-corrected chi connectivity index (χ3v) is 8.67. The van der Waals surface area contributed by atoms with Crippen molar-refractivity contribution in [3.63, 3.8) is 0 Å². The lowest BCUT2D eigenvalue weighted by Crippen LogP contribution is -2.29. The number of nitrogens with one attached hydrogen (secondary N) is 1. The van der Waals surface area contributed by atoms with Crippen LogP contribution in [0.4, 0.5) is 11.4 Å². The van der Waals surface area contributed by atoms with Crippen LogP contribution in [0, 0.1) is 0 Å². The van der Waals surface area contributed by atoms with Crippen molar-refractivity contribution >= 4 is 39.1 Å². The Balaban J connectivity index is 1.21. The Labute approximate surface area is 215 Å². The Morgan fingerprint density at radius 1 is 0.861 bits per heavy atom. The van der Waals surface area contributed by atoms with Gasteiger partial charge in [-0.15, -0.1) is 0 Å². The molecule has 8 heteroatoms. The Morgan fingerprint density at radius 3 is 2.36 bits per heavy atom. The number of para-hydroxylation sites is 2. The number of hydrogen-bond donors (Lipinski definition) is 1. The minimum absolute atomic E-state index is 0.183. The highest BCUT2D eigenvalue weighted by Crippen LogP contribution is 2.34. The minimum atomic E-state index is -3.68. The monoisotopic (exact) mass is 516 g/mol. The first-order chi connectivity index (χ1) is 17.5. The average molecular weight is 517 g/mol. The molecule has 4 aromatic carbocycles. The van der Waals surface area contributed by atoms with Crippen molar-refractivity contribution in [3.05, 3.63) is 109 Å². The number of benzene rings is 4. The van der Waals surface area contributed by atoms with Gasteiger partial charge in [0, 0.05) is 16.3 Å². The summed E-state index contributed by atoms with van der Waals surface area (Å²) < 4.78 is 33.4. The van der Waals surface area contributed by atoms with E-state index in [-0.39, 0.29) is 17.4 Å². The molecule has 0 saturated carbocycles. The number of carbonyl (C=O) groups excluding carboxylic acids is 1. The van der Waals surface area contributed by atoms with Crippen LogP contribution in [0.3, 0.4) is 0 Å². The molecule has 36 heavy (non-hydrogen) atoms. The van der Waals surface area contributed by atoms with Gasteiger partial charge in [0.15, 0.2) is 6.61 Å². The van der Waals surface area contributed by atoms with E-state index >= 15 is 0 Å². The summed E-state index contributed by atoms with van der Waals surface area (Å²) in [5, 5.41) is 2.90. The molecule has 5 rings (SSSR count). The van der Waals surface area contributed by atoms with Crippen molar-refractivity contribution in [2.45, 2.75) is 21.1 Å². The number of hydrogen-bond acceptors (Lipinski definition) is 5. The highest BCUT2D eigenvalue weighted by atomic mass is 32.2. The van der Waals surface area contributed by atoms with Crippen LogP contribution in [0.5, 0.6) is 5.75 Å². The molecule has 1 heterocycles. The van der Waals surface area contributed by atoms with Crippen LogP contribution >= 0.6 is 11.8 Å². The molecule has 1 N–H and O–H groups in total. The van der Waals surface area contributed by atoms with E-state index in [9.17, 15) is 13.2 Å². The topological polar surface area (TPSA) is 75.7 Å². The Bertz CT molecular complexity index is 1470. The second-order valence-electron chi connectivity index (χ2n) is 8.18. The van der Waals surface area contributed by atoms with E-state index < -0.39 is 10.0 Å². The van der Waals surface area contributed by atoms with E-state index in [4.69, 9.17) is 4.74 Å². The van der Waals surface area contributed by atoms with Gasteiger partial charge in [0.25, 0.3) is 15.9 Å². The first-order valence-corrected chi connectivity index (χ1v) is 13.7. The molecule has 6 nitrogen and oxygen atoms in total. The molecule has 0 unspecified atom stereocenters. The number of amides is 1. The summed E-state index contributed by atoms with van der Waals surface area (Å²) in [5.41, 5.74) is 2.45. The molecule has 4 aromatic rings. The van der Waals surface area contributed by atoms with E-state index in [0.717, 1.165) is 21.0 Å². The number of rotatable bonds is 8. The summed E-state index contributed by atoms with van der Waals surface area (Å²) in [7, 11) is -3.68. The van der Waals surface area contributed by atoms with Gasteiger partial charge in [0.05, 0.1) is 16.3 Å². The number of ether oxygens (including phenoxy) is 1. The van der Waals surface area contributed by atoms with Crippen molar-refractivity contribution in [1.82, 2.24) is 0 Å². The second kappa shape index (κ2) is 10.5. The zero-order valence-corrected chi connectivity index (χ0v) is 21.0. The maximum atomic E-state index is 13.2. The first-order valence-electron chi connectivity index (χ1n) is 11.5. The predicted molar refractivity (Wildman–Crippen MR) is 142 cm³/mol. The van der Waals surface area contributed by atoms with Crippen LogP contribution in [0.1, 0.15) is 5.56 Å². The van der Waals surface area contributed by atoms with Gasteiger partial charge in [-0.25, -0.2) is 8.42 Å². The van der Waals surface area contributed by atoms with Crippen LogP contribution in [0.2, 0.25) is 0 Å². The summed E-state index contributed by atoms with van der Waals surface area (Å²) in [6.07, 6.45) is 0.693. The van der Waals surface area contributed by atoms with E-state index in [0.29, 0.717) is 24.4 Å². The van der Waals surface area contributed by atoms with Gasteiger partial charge in [-0.1, -0.05) is 60.3 Å². The Kier molecular flexibility index (Phi) is 6.97. The predicted octanol–water partition coefficient (Wildman–Crippen LogP) is 5.61. The van der Waals surface area contributed by atoms with Crippen molar-refractivity contribution in [2.75, 3.05) is 22.8 Å². The number of sulfonamides is 1. The molecule has 0 atom stereocenters. The van der Waals surface area contributed by atoms with Gasteiger partial charge in [0.2, 0.25) is 0 Å². The molecular weight excluding hydrogens is 492 g/mol. The molecule has 1 aliphatic heterocycles. The molecular formula is C28H24N2O4S2. The molecule has 0 radical (unpaired) electrons. The lowest BCUT2D eigenvalue weighted by Gasteiger charge is -2.19. The highest BCUT2D eigenvalue weighted by molar-refractivity contribution is 7.99. The van der Waals surface area contributed by atoms with E-state index in [1.54, 1.807) is 23.9 Å². The number of anilines is 2. The summed E-state index contributed by atoms with van der Waals surface area (Å²) in [6.45, 7) is 0.222. The van der Waals surface area contributed by atoms with E-state index in [2.05, 4.69) is 5.32 Å². The molecule has 1 aliphatic rings. The number of nitrogens with zero attached hydrogens (tertiary/aromatic N) is 1. The van der Waals surface area contributed by atoms with Crippen LogP contribution in [-0.2, 0) is 21.2 Å². The van der Waals surface area contributed by atoms with E-state index in [1.165, 1.54) is 16.4 Å². The van der Waals surface area contributed by atoms with Crippen molar-refractivity contribution in [2.24, 2.45) is 0 Å². The smallest absolute Gasteiger partial charge is 0.264 e. The van der Waals surface area contributed by atoms with Gasteiger partial charge in [-0.2, -0.15) is 0 Å². The fourth-order valence-corrected chi connectivity index (χ4v) is 6.43. The molecule has 0 bridgehead atoms. The van der Waals surface area contributed by atoms with Crippen molar-refractivity contribution < 1.29 is 17.9 Å². The third-order valence-electron chi connectivity index (χ3n) is 5.76. The molecule has 0 saturated heterocycles. The third kappa shape index (κ3) is 5.24. The quantitative estimate of drug-likeness (QED) is 0.330. The second-order valence-corrected chi connectivity index (χ2v) is 11.2. The number of carbonyl (C=O) groups is 1. The normalized spacial score (nSPS) is 12.7. The average Bonchev–Trinajstić information content (AvgIpc) is 3.35. The highest BCUT2D eigenvalue weighted by Gasteiger charge is 2.30. The lowest BCUT2D eigenvalue weighted by molar-refractivity contribution is -0.118. The van der Waals surface area contributed by atoms with E-state index in [1.807, 2.05) is 78.9 Å². The van der Waals surface area contributed by atoms with Crippen molar-refractivity contribution in [3.8, 4) is 5.75 Å². The van der Waals surface area contributed by atoms with Crippen LogP contribution in [-0.4, -0.2) is 27.5 Å². The molecule has 1 amide bonds. The van der Waals surface area contributed by atoms with Crippen LogP contribution in [0.25, 0.3) is 0 Å². The summed E-state index contributed by atoms with van der Waals surface area (Å²) in [4.78, 5) is 14.7. The Hall–Kier alpha value is -3.75. The summed E-state index contributed by atoms with van der Waals surface area (Å²) in [5.74, 6) is 0.111. The summed E-state index contributed by atoms with van der Waals surface area (Å²) in [6, 6.07) is 31.2. The lowest BCUT2D eigenvalue weighted by atomic mass is 10.2. The largest absolute Gasteiger partial charge is 0.484 e. The zero-order chi connectivity index (χ0) is 25.0. The van der Waals surface area contributed by atoms with Gasteiger partial charge < -0.3 is 10.1 Å². The fourth-order valence-electron chi connectivity index (χ4n) is 4.00. The molecule has 0 aliphatic carbocycles. The fraction of sp³-hybridized carbons (Fsp3) is 0.107. The molecule has 0 fully saturated rings. The Morgan fingerprint density at radius 2 is 1.56 bits per heavy atom. The standard InChI is InChI=1S/C28H24N2O4S2/c31-28(29-25-11-5-7-13-27(25)35-23-9-2-1-3-10-23)20-34-22-14-16-24(17-15-22)36(32,33)30-19-18-21-8-4-6-12-26(21)30/h1-17H,18-20H2,(H,29,31). The number of fused-ring (bicyclic) bond motifs is 1. The van der Waals surface area contributed by atoms with Crippen LogP contribution < -0.4 is 14.4 Å². The first kappa shape index (κ1) is 24.0. The van der Waals surface area contributed by atoms with Gasteiger partial charge in [-0.3, -0.25) is 9.10 Å². The molecule has 0 spiro atoms. The van der Waals surface area contributed by atoms with Crippen LogP contribution in [0.15, 0.2) is 118 Å². The van der Waals surface area contributed by atoms with Crippen molar-refractivity contribution in [1.29, 1.82) is 0 Å². The van der Waals surface area contributed by atoms with Gasteiger partial charge in [0.1, 0.15) is 5.75 Å². The maximum absolute atomic E-state index is 13.2. The molecule has 182 valence electrons. The zero-order valence-electron chi connectivity index (χ0n) is 19.3. The minimum Gasteiger partial charge on any atom is -0.484 e. The summed E-state index contributed by atoms with van der Waals surface area (Å²) >= 11 is 1.56.